The molecule has 0 radical (unpaired) electrons. The molecule has 1 rings (SSSR count). The summed E-state index contributed by atoms with van der Waals surface area (Å²) in [4.78, 5) is 0. The molecule has 120 valence electrons. The Morgan fingerprint density at radius 3 is 2.62 bits per heavy atom. The maximum Gasteiger partial charge on any atom is 0.126 e. The number of aryl methyl sites for hydroxylation is 1. The number of benzene rings is 1. The monoisotopic (exact) mass is 293 g/mol. The third-order valence-corrected chi connectivity index (χ3v) is 3.46. The van der Waals surface area contributed by atoms with Gasteiger partial charge in [-0.15, -0.1) is 0 Å². The lowest BCUT2D eigenvalue weighted by molar-refractivity contribution is 0.272. The topological polar surface area (TPSA) is 41.5 Å². The van der Waals surface area contributed by atoms with Crippen LogP contribution in [0.3, 0.4) is 0 Å². The van der Waals surface area contributed by atoms with Crippen molar-refractivity contribution in [3.05, 3.63) is 29.3 Å². The van der Waals surface area contributed by atoms with E-state index in [4.69, 9.17) is 9.84 Å². The van der Waals surface area contributed by atoms with Crippen LogP contribution in [0.2, 0.25) is 0 Å². The maximum atomic E-state index is 8.76. The van der Waals surface area contributed by atoms with Gasteiger partial charge in [0, 0.05) is 18.7 Å². The lowest BCUT2D eigenvalue weighted by Gasteiger charge is -2.15. The average Bonchev–Trinajstić information content (AvgIpc) is 2.44. The van der Waals surface area contributed by atoms with E-state index in [1.54, 1.807) is 0 Å². The van der Waals surface area contributed by atoms with Gasteiger partial charge < -0.3 is 15.2 Å². The maximum absolute atomic E-state index is 8.76. The summed E-state index contributed by atoms with van der Waals surface area (Å²) in [5.41, 5.74) is 2.44. The minimum atomic E-state index is 0.296. The average molecular weight is 293 g/mol. The Balaban J connectivity index is 2.43. The summed E-state index contributed by atoms with van der Waals surface area (Å²) in [5.74, 6) is 1.70. The van der Waals surface area contributed by atoms with Gasteiger partial charge in [-0.2, -0.15) is 0 Å². The molecule has 2 N–H and O–H groups in total. The van der Waals surface area contributed by atoms with E-state index >= 15 is 0 Å². The summed E-state index contributed by atoms with van der Waals surface area (Å²) in [6.45, 7) is 9.47. The van der Waals surface area contributed by atoms with Crippen LogP contribution < -0.4 is 10.1 Å². The van der Waals surface area contributed by atoms with Gasteiger partial charge in [0.15, 0.2) is 0 Å². The largest absolute Gasteiger partial charge is 0.493 e. The van der Waals surface area contributed by atoms with Crippen molar-refractivity contribution < 1.29 is 9.84 Å². The predicted molar refractivity (Wildman–Crippen MR) is 88.8 cm³/mol. The van der Waals surface area contributed by atoms with Gasteiger partial charge in [-0.05, 0) is 44.2 Å². The molecule has 0 aliphatic carbocycles. The molecule has 0 heterocycles. The van der Waals surface area contributed by atoms with Crippen LogP contribution in [0.15, 0.2) is 18.2 Å². The van der Waals surface area contributed by atoms with Crippen molar-refractivity contribution in [2.45, 2.75) is 53.0 Å². The van der Waals surface area contributed by atoms with Crippen LogP contribution in [-0.2, 0) is 6.54 Å². The van der Waals surface area contributed by atoms with Crippen LogP contribution >= 0.6 is 0 Å². The molecule has 0 amide bonds. The van der Waals surface area contributed by atoms with Crippen molar-refractivity contribution in [2.75, 3.05) is 19.8 Å². The number of rotatable bonds is 11. The fourth-order valence-electron chi connectivity index (χ4n) is 2.30. The number of hydrogen-bond acceptors (Lipinski definition) is 3. The lowest BCUT2D eigenvalue weighted by Crippen LogP contribution is -2.19. The Labute approximate surface area is 129 Å². The van der Waals surface area contributed by atoms with Gasteiger partial charge in [-0.25, -0.2) is 0 Å². The Bertz CT molecular complexity index is 391. The van der Waals surface area contributed by atoms with Crippen LogP contribution in [-0.4, -0.2) is 24.9 Å². The number of unbranched alkanes of at least 4 members (excludes halogenated alkanes) is 3. The highest BCUT2D eigenvalue weighted by Crippen LogP contribution is 2.23. The van der Waals surface area contributed by atoms with Crippen LogP contribution in [0.1, 0.15) is 50.7 Å². The molecule has 1 aromatic carbocycles. The highest BCUT2D eigenvalue weighted by Gasteiger charge is 2.07. The fourth-order valence-corrected chi connectivity index (χ4v) is 2.30. The first-order chi connectivity index (χ1) is 10.1. The van der Waals surface area contributed by atoms with Gasteiger partial charge in [0.1, 0.15) is 5.75 Å². The molecule has 0 saturated carbocycles. The van der Waals surface area contributed by atoms with E-state index in [2.05, 4.69) is 44.3 Å². The quantitative estimate of drug-likeness (QED) is 0.612. The molecule has 0 spiro atoms. The van der Waals surface area contributed by atoms with Crippen molar-refractivity contribution in [1.29, 1.82) is 0 Å². The minimum absolute atomic E-state index is 0.296. The summed E-state index contributed by atoms with van der Waals surface area (Å²) in [7, 11) is 0. The van der Waals surface area contributed by atoms with E-state index in [9.17, 15) is 0 Å². The Kier molecular flexibility index (Phi) is 9.11. The van der Waals surface area contributed by atoms with Crippen molar-refractivity contribution in [2.24, 2.45) is 5.92 Å². The number of hydrogen-bond donors (Lipinski definition) is 2. The molecule has 21 heavy (non-hydrogen) atoms. The second-order valence-corrected chi connectivity index (χ2v) is 6.07. The third-order valence-electron chi connectivity index (χ3n) is 3.46. The third kappa shape index (κ3) is 7.49. The SMILES string of the molecule is Cc1cccc(CNCC(C)C)c1OCCCCCCO. The Morgan fingerprint density at radius 1 is 1.14 bits per heavy atom. The molecule has 0 atom stereocenters. The standard InChI is InChI=1S/C18H31NO2/c1-15(2)13-19-14-17-10-8-9-16(3)18(17)21-12-7-5-4-6-11-20/h8-10,15,19-20H,4-7,11-14H2,1-3H3. The van der Waals surface area contributed by atoms with E-state index in [0.717, 1.165) is 51.1 Å². The van der Waals surface area contributed by atoms with Crippen molar-refractivity contribution in [3.63, 3.8) is 0 Å². The van der Waals surface area contributed by atoms with Crippen LogP contribution in [0, 0.1) is 12.8 Å². The number of para-hydroxylation sites is 1. The normalized spacial score (nSPS) is 11.1. The van der Waals surface area contributed by atoms with Crippen molar-refractivity contribution in [1.82, 2.24) is 5.32 Å². The molecule has 0 saturated heterocycles. The van der Waals surface area contributed by atoms with E-state index in [1.807, 2.05) is 0 Å². The highest BCUT2D eigenvalue weighted by atomic mass is 16.5. The molecular weight excluding hydrogens is 262 g/mol. The van der Waals surface area contributed by atoms with Gasteiger partial charge >= 0.3 is 0 Å². The Morgan fingerprint density at radius 2 is 1.90 bits per heavy atom. The molecule has 0 fully saturated rings. The predicted octanol–water partition coefficient (Wildman–Crippen LogP) is 3.67. The number of nitrogens with one attached hydrogen (secondary N) is 1. The van der Waals surface area contributed by atoms with E-state index in [-0.39, 0.29) is 0 Å². The zero-order chi connectivity index (χ0) is 15.5. The van der Waals surface area contributed by atoms with Gasteiger partial charge in [0.2, 0.25) is 0 Å². The van der Waals surface area contributed by atoms with E-state index < -0.39 is 0 Å². The lowest BCUT2D eigenvalue weighted by atomic mass is 10.1. The van der Waals surface area contributed by atoms with Crippen molar-refractivity contribution >= 4 is 0 Å². The van der Waals surface area contributed by atoms with E-state index in [1.165, 1.54) is 11.1 Å². The smallest absolute Gasteiger partial charge is 0.126 e. The summed E-state index contributed by atoms with van der Waals surface area (Å²) in [5, 5.41) is 12.2. The highest BCUT2D eigenvalue weighted by molar-refractivity contribution is 5.40. The molecule has 3 heteroatoms. The minimum Gasteiger partial charge on any atom is -0.493 e. The van der Waals surface area contributed by atoms with Gasteiger partial charge in [0.25, 0.3) is 0 Å². The first kappa shape index (κ1) is 18.0. The van der Waals surface area contributed by atoms with Crippen LogP contribution in [0.5, 0.6) is 5.75 Å². The molecule has 0 aromatic heterocycles. The van der Waals surface area contributed by atoms with E-state index in [0.29, 0.717) is 12.5 Å². The van der Waals surface area contributed by atoms with Crippen LogP contribution in [0.25, 0.3) is 0 Å². The first-order valence-corrected chi connectivity index (χ1v) is 8.18. The first-order valence-electron chi connectivity index (χ1n) is 8.18. The second kappa shape index (κ2) is 10.6. The number of aliphatic hydroxyl groups is 1. The molecule has 3 nitrogen and oxygen atoms in total. The van der Waals surface area contributed by atoms with Gasteiger partial charge in [-0.3, -0.25) is 0 Å². The molecule has 0 aliphatic heterocycles. The number of aliphatic hydroxyl groups excluding tert-OH is 1. The zero-order valence-corrected chi connectivity index (χ0v) is 13.8. The molecule has 0 unspecified atom stereocenters. The van der Waals surface area contributed by atoms with Gasteiger partial charge in [-0.1, -0.05) is 38.5 Å². The van der Waals surface area contributed by atoms with Gasteiger partial charge in [0.05, 0.1) is 6.61 Å². The Hall–Kier alpha value is -1.06. The summed E-state index contributed by atoms with van der Waals surface area (Å²) in [6.07, 6.45) is 4.14. The molecule has 1 aromatic rings. The summed E-state index contributed by atoms with van der Waals surface area (Å²) in [6, 6.07) is 6.34. The molecule has 0 aliphatic rings. The molecular formula is C18H31NO2. The van der Waals surface area contributed by atoms with Crippen molar-refractivity contribution in [3.8, 4) is 5.75 Å². The van der Waals surface area contributed by atoms with Crippen LogP contribution in [0.4, 0.5) is 0 Å². The second-order valence-electron chi connectivity index (χ2n) is 6.07. The number of ether oxygens (including phenoxy) is 1. The summed E-state index contributed by atoms with van der Waals surface area (Å²) >= 11 is 0. The summed E-state index contributed by atoms with van der Waals surface area (Å²) < 4.78 is 6.00. The molecule has 0 bridgehead atoms. The fraction of sp³-hybridized carbons (Fsp3) is 0.667. The zero-order valence-electron chi connectivity index (χ0n) is 13.8.